The van der Waals surface area contributed by atoms with Gasteiger partial charge in [-0.25, -0.2) is 13.6 Å². The van der Waals surface area contributed by atoms with Crippen LogP contribution in [-0.4, -0.2) is 44.5 Å². The third-order valence-electron chi connectivity index (χ3n) is 5.82. The van der Waals surface area contributed by atoms with E-state index in [0.29, 0.717) is 0 Å². The van der Waals surface area contributed by atoms with E-state index < -0.39 is 52.3 Å². The Labute approximate surface area is 210 Å². The summed E-state index contributed by atoms with van der Waals surface area (Å²) in [6, 6.07) is 15.0. The van der Waals surface area contributed by atoms with Gasteiger partial charge in [-0.1, -0.05) is 42.5 Å². The van der Waals surface area contributed by atoms with E-state index in [1.54, 1.807) is 0 Å². The monoisotopic (exact) mass is 544 g/mol. The number of para-hydroxylation sites is 1. The standard InChI is InChI=1S/C24H24F4N2O6S/c25-22(26)35-16-9-5-14(6-10-16)21(15-7-11-17(12-8-15)36-23(27)28)24(20(32)13-29,37(30,33)34)18-3-1-2-4-19(18)31/h1-12,20-23,31-32H,13,29H2,(H2,30,33,34). The highest BCUT2D eigenvalue weighted by molar-refractivity contribution is 7.90. The summed E-state index contributed by atoms with van der Waals surface area (Å²) < 4.78 is 83.8. The SMILES string of the molecule is NCC(O)C(c1ccccc1O)(C(c1ccc(OC(F)F)cc1)c1ccc(OC(F)F)cc1)S(N)(=O)=O. The van der Waals surface area contributed by atoms with Crippen LogP contribution >= 0.6 is 0 Å². The Morgan fingerprint density at radius 3 is 1.59 bits per heavy atom. The molecule has 0 aromatic heterocycles. The molecule has 13 heteroatoms. The normalized spacial score (nSPS) is 14.5. The fraction of sp³-hybridized carbons (Fsp3) is 0.250. The average Bonchev–Trinajstić information content (AvgIpc) is 2.82. The lowest BCUT2D eigenvalue weighted by Crippen LogP contribution is -2.56. The molecule has 3 aromatic carbocycles. The average molecular weight is 545 g/mol. The Morgan fingerprint density at radius 2 is 1.24 bits per heavy atom. The summed E-state index contributed by atoms with van der Waals surface area (Å²) in [4.78, 5) is 0. The first-order valence-corrected chi connectivity index (χ1v) is 12.2. The number of aromatic hydroxyl groups is 1. The van der Waals surface area contributed by atoms with Crippen LogP contribution in [0.15, 0.2) is 72.8 Å². The minimum atomic E-state index is -4.86. The predicted molar refractivity (Wildman–Crippen MR) is 126 cm³/mol. The molecule has 0 bridgehead atoms. The summed E-state index contributed by atoms with van der Waals surface area (Å²) in [7, 11) is -4.86. The number of sulfonamides is 1. The number of benzene rings is 3. The van der Waals surface area contributed by atoms with Gasteiger partial charge in [-0.3, -0.25) is 0 Å². The second kappa shape index (κ2) is 11.3. The lowest BCUT2D eigenvalue weighted by atomic mass is 9.73. The molecule has 0 saturated carbocycles. The van der Waals surface area contributed by atoms with Crippen LogP contribution in [0.3, 0.4) is 0 Å². The van der Waals surface area contributed by atoms with E-state index in [2.05, 4.69) is 9.47 Å². The third-order valence-corrected chi connectivity index (χ3v) is 7.49. The van der Waals surface area contributed by atoms with Gasteiger partial charge in [-0.2, -0.15) is 17.6 Å². The number of alkyl halides is 4. The highest BCUT2D eigenvalue weighted by Crippen LogP contribution is 2.51. The maximum absolute atomic E-state index is 13.4. The van der Waals surface area contributed by atoms with E-state index >= 15 is 0 Å². The lowest BCUT2D eigenvalue weighted by Gasteiger charge is -2.43. The Hall–Kier alpha value is -3.39. The van der Waals surface area contributed by atoms with Crippen LogP contribution < -0.4 is 20.3 Å². The van der Waals surface area contributed by atoms with Crippen LogP contribution in [0.5, 0.6) is 17.2 Å². The molecular weight excluding hydrogens is 520 g/mol. The molecule has 0 amide bonds. The second-order valence-electron chi connectivity index (χ2n) is 7.93. The molecule has 2 unspecified atom stereocenters. The van der Waals surface area contributed by atoms with Gasteiger partial charge >= 0.3 is 13.2 Å². The molecule has 8 nitrogen and oxygen atoms in total. The van der Waals surface area contributed by atoms with E-state index in [-0.39, 0.29) is 28.2 Å². The Balaban J connectivity index is 2.38. The minimum absolute atomic E-state index is 0.133. The highest BCUT2D eigenvalue weighted by atomic mass is 32.2. The van der Waals surface area contributed by atoms with E-state index in [1.807, 2.05) is 0 Å². The quantitative estimate of drug-likeness (QED) is 0.271. The smallest absolute Gasteiger partial charge is 0.387 e. The zero-order chi connectivity index (χ0) is 27.4. The van der Waals surface area contributed by atoms with Crippen molar-refractivity contribution < 1.29 is 45.7 Å². The van der Waals surface area contributed by atoms with Crippen LogP contribution in [-0.2, 0) is 14.8 Å². The van der Waals surface area contributed by atoms with Crippen LogP contribution in [0, 0.1) is 0 Å². The van der Waals surface area contributed by atoms with E-state index in [9.17, 15) is 36.2 Å². The van der Waals surface area contributed by atoms with Crippen LogP contribution in [0.25, 0.3) is 0 Å². The first-order valence-electron chi connectivity index (χ1n) is 10.7. The van der Waals surface area contributed by atoms with Crippen LogP contribution in [0.2, 0.25) is 0 Å². The molecule has 0 aliphatic carbocycles. The zero-order valence-corrected chi connectivity index (χ0v) is 19.9. The van der Waals surface area contributed by atoms with E-state index in [1.165, 1.54) is 48.5 Å². The maximum Gasteiger partial charge on any atom is 0.387 e. The van der Waals surface area contributed by atoms with Gasteiger partial charge in [0.25, 0.3) is 0 Å². The Kier molecular flexibility index (Phi) is 8.64. The molecule has 0 spiro atoms. The number of primary sulfonamides is 1. The maximum atomic E-state index is 13.4. The molecule has 0 saturated heterocycles. The van der Waals surface area contributed by atoms with Crippen molar-refractivity contribution in [3.05, 3.63) is 89.5 Å². The first-order chi connectivity index (χ1) is 17.4. The fourth-order valence-corrected chi connectivity index (χ4v) is 5.94. The number of phenolic OH excluding ortho intramolecular Hbond substituents is 1. The van der Waals surface area contributed by atoms with Crippen molar-refractivity contribution in [1.82, 2.24) is 0 Å². The lowest BCUT2D eigenvalue weighted by molar-refractivity contribution is -0.0505. The molecule has 3 rings (SSSR count). The van der Waals surface area contributed by atoms with Crippen molar-refractivity contribution in [3.63, 3.8) is 0 Å². The molecule has 0 fully saturated rings. The van der Waals surface area contributed by atoms with Crippen molar-refractivity contribution in [2.75, 3.05) is 6.54 Å². The zero-order valence-electron chi connectivity index (χ0n) is 19.0. The summed E-state index contributed by atoms with van der Waals surface area (Å²) in [5, 5.41) is 27.6. The molecule has 3 aromatic rings. The molecule has 200 valence electrons. The van der Waals surface area contributed by atoms with Crippen molar-refractivity contribution in [2.45, 2.75) is 30.0 Å². The third kappa shape index (κ3) is 5.80. The largest absolute Gasteiger partial charge is 0.508 e. The second-order valence-corrected chi connectivity index (χ2v) is 9.70. The Morgan fingerprint density at radius 1 is 0.811 bits per heavy atom. The van der Waals surface area contributed by atoms with Crippen molar-refractivity contribution in [2.24, 2.45) is 10.9 Å². The molecular formula is C24H24F4N2O6S. The number of nitrogens with two attached hydrogens (primary N) is 2. The van der Waals surface area contributed by atoms with Gasteiger partial charge in [0.05, 0.1) is 6.10 Å². The van der Waals surface area contributed by atoms with Crippen molar-refractivity contribution in [1.29, 1.82) is 0 Å². The number of hydrogen-bond acceptors (Lipinski definition) is 7. The summed E-state index contributed by atoms with van der Waals surface area (Å²) >= 11 is 0. The van der Waals surface area contributed by atoms with Gasteiger partial charge in [0.2, 0.25) is 10.0 Å². The molecule has 0 aliphatic heterocycles. The summed E-state index contributed by atoms with van der Waals surface area (Å²) in [6.07, 6.45) is -1.91. The van der Waals surface area contributed by atoms with Crippen molar-refractivity contribution in [3.8, 4) is 17.2 Å². The van der Waals surface area contributed by atoms with Gasteiger partial charge < -0.3 is 25.4 Å². The fourth-order valence-electron chi connectivity index (χ4n) is 4.38. The van der Waals surface area contributed by atoms with Crippen LogP contribution in [0.1, 0.15) is 22.6 Å². The molecule has 0 heterocycles. The number of aliphatic hydroxyl groups is 1. The summed E-state index contributed by atoms with van der Waals surface area (Å²) in [5.74, 6) is -2.43. The minimum Gasteiger partial charge on any atom is -0.508 e. The van der Waals surface area contributed by atoms with Gasteiger partial charge in [0.1, 0.15) is 17.2 Å². The predicted octanol–water partition coefficient (Wildman–Crippen LogP) is 3.23. The summed E-state index contributed by atoms with van der Waals surface area (Å²) in [5.41, 5.74) is 5.71. The summed E-state index contributed by atoms with van der Waals surface area (Å²) in [6.45, 7) is -6.86. The van der Waals surface area contributed by atoms with Gasteiger partial charge in [-0.05, 0) is 41.5 Å². The van der Waals surface area contributed by atoms with Gasteiger partial charge in [-0.15, -0.1) is 0 Å². The van der Waals surface area contributed by atoms with Gasteiger partial charge in [0.15, 0.2) is 4.75 Å². The molecule has 37 heavy (non-hydrogen) atoms. The molecule has 0 aliphatic rings. The first kappa shape index (κ1) is 28.2. The highest BCUT2D eigenvalue weighted by Gasteiger charge is 2.57. The number of hydrogen-bond donors (Lipinski definition) is 4. The number of phenols is 1. The number of halogens is 4. The van der Waals surface area contributed by atoms with Gasteiger partial charge in [0, 0.05) is 18.0 Å². The topological polar surface area (TPSA) is 145 Å². The molecule has 6 N–H and O–H groups in total. The number of ether oxygens (including phenoxy) is 2. The molecule has 2 atom stereocenters. The van der Waals surface area contributed by atoms with Crippen LogP contribution in [0.4, 0.5) is 17.6 Å². The Bertz CT molecular complexity index is 1240. The van der Waals surface area contributed by atoms with E-state index in [0.717, 1.165) is 24.3 Å². The molecule has 0 radical (unpaired) electrons. The van der Waals surface area contributed by atoms with E-state index in [4.69, 9.17) is 10.9 Å². The number of rotatable bonds is 11. The number of aliphatic hydroxyl groups excluding tert-OH is 1. The van der Waals surface area contributed by atoms with Crippen molar-refractivity contribution >= 4 is 10.0 Å².